The second-order valence-electron chi connectivity index (χ2n) is 8.07. The molecule has 1 atom stereocenters. The molecule has 32 heavy (non-hydrogen) atoms. The molecule has 7 heteroatoms. The Morgan fingerprint density at radius 3 is 2.16 bits per heavy atom. The van der Waals surface area contributed by atoms with E-state index in [0.29, 0.717) is 0 Å². The molecule has 0 fully saturated rings. The molecule has 0 saturated carbocycles. The fraction of sp³-hybridized carbons (Fsp3) is 0.320. The van der Waals surface area contributed by atoms with Gasteiger partial charge in [-0.05, 0) is 43.0 Å². The van der Waals surface area contributed by atoms with Crippen LogP contribution in [0.3, 0.4) is 0 Å². The summed E-state index contributed by atoms with van der Waals surface area (Å²) in [6.45, 7) is 4.66. The van der Waals surface area contributed by atoms with E-state index in [1.54, 1.807) is 6.92 Å². The molecule has 3 N–H and O–H groups in total. The number of carboxylic acid groups (broad SMARTS) is 1. The topological polar surface area (TPSA) is 105 Å². The van der Waals surface area contributed by atoms with Crippen molar-refractivity contribution in [3.8, 4) is 23.0 Å². The maximum absolute atomic E-state index is 12.6. The molecule has 2 aromatic carbocycles. The maximum Gasteiger partial charge on any atom is 0.408 e. The molecule has 0 saturated heterocycles. The third-order valence-corrected chi connectivity index (χ3v) is 5.41. The van der Waals surface area contributed by atoms with Gasteiger partial charge < -0.3 is 20.5 Å². The summed E-state index contributed by atoms with van der Waals surface area (Å²) in [4.78, 5) is 36.4. The Morgan fingerprint density at radius 1 is 1.06 bits per heavy atom. The summed E-state index contributed by atoms with van der Waals surface area (Å²) in [6, 6.07) is 14.8. The molecule has 3 rings (SSSR count). The molecule has 0 radical (unpaired) electrons. The quantitative estimate of drug-likeness (QED) is 0.580. The highest BCUT2D eigenvalue weighted by molar-refractivity contribution is 5.92. The van der Waals surface area contributed by atoms with Gasteiger partial charge in [0, 0.05) is 12.3 Å². The van der Waals surface area contributed by atoms with Gasteiger partial charge in [0.05, 0.1) is 0 Å². The molecule has 1 aliphatic rings. The number of nitrogens with one attached hydrogen (secondary N) is 2. The predicted molar refractivity (Wildman–Crippen MR) is 120 cm³/mol. The number of fused-ring (bicyclic) bond motifs is 3. The van der Waals surface area contributed by atoms with Crippen LogP contribution < -0.4 is 10.6 Å². The Balaban J connectivity index is 1.63. The smallest absolute Gasteiger partial charge is 0.408 e. The predicted octanol–water partition coefficient (Wildman–Crippen LogP) is 3.29. The van der Waals surface area contributed by atoms with E-state index in [-0.39, 0.29) is 18.9 Å². The number of aliphatic carboxylic acids is 1. The number of carbonyl (C=O) groups excluding carboxylic acids is 2. The Kier molecular flexibility index (Phi) is 6.84. The van der Waals surface area contributed by atoms with Crippen molar-refractivity contribution in [1.29, 1.82) is 0 Å². The Bertz CT molecular complexity index is 1050. The average Bonchev–Trinajstić information content (AvgIpc) is 3.08. The number of benzene rings is 2. The molecule has 1 aliphatic carbocycles. The monoisotopic (exact) mass is 434 g/mol. The van der Waals surface area contributed by atoms with Crippen molar-refractivity contribution in [2.75, 3.05) is 6.61 Å². The highest BCUT2D eigenvalue weighted by Crippen LogP contribution is 2.44. The lowest BCUT2D eigenvalue weighted by Gasteiger charge is -2.26. The zero-order chi connectivity index (χ0) is 23.3. The molecule has 0 aromatic heterocycles. The fourth-order valence-corrected chi connectivity index (χ4v) is 3.69. The normalized spacial score (nSPS) is 13.1. The lowest BCUT2D eigenvalue weighted by atomic mass is 9.98. The molecule has 2 aromatic rings. The van der Waals surface area contributed by atoms with Crippen molar-refractivity contribution in [3.05, 3.63) is 59.7 Å². The molecular formula is C25H26N2O5. The summed E-state index contributed by atoms with van der Waals surface area (Å²) in [7, 11) is 0. The van der Waals surface area contributed by atoms with Crippen LogP contribution in [0, 0.1) is 11.8 Å². The lowest BCUT2D eigenvalue weighted by Crippen LogP contribution is -2.57. The molecule has 0 heterocycles. The van der Waals surface area contributed by atoms with Crippen LogP contribution in [-0.4, -0.2) is 41.3 Å². The molecule has 0 aliphatic heterocycles. The van der Waals surface area contributed by atoms with Crippen molar-refractivity contribution in [2.45, 2.75) is 44.7 Å². The van der Waals surface area contributed by atoms with Crippen LogP contribution in [0.5, 0.6) is 0 Å². The van der Waals surface area contributed by atoms with E-state index in [9.17, 15) is 19.5 Å². The van der Waals surface area contributed by atoms with Gasteiger partial charge >= 0.3 is 12.1 Å². The number of alkyl carbamates (subject to hydrolysis) is 1. The molecule has 0 bridgehead atoms. The third kappa shape index (κ3) is 4.92. The van der Waals surface area contributed by atoms with Gasteiger partial charge in [-0.3, -0.25) is 4.79 Å². The van der Waals surface area contributed by atoms with Crippen LogP contribution in [-0.2, 0) is 14.3 Å². The second kappa shape index (κ2) is 9.56. The summed E-state index contributed by atoms with van der Waals surface area (Å²) in [5.74, 6) is 3.30. The van der Waals surface area contributed by atoms with E-state index in [0.717, 1.165) is 22.3 Å². The fourth-order valence-electron chi connectivity index (χ4n) is 3.69. The van der Waals surface area contributed by atoms with Crippen molar-refractivity contribution < 1.29 is 24.2 Å². The first-order valence-electron chi connectivity index (χ1n) is 10.3. The highest BCUT2D eigenvalue weighted by atomic mass is 16.5. The van der Waals surface area contributed by atoms with Crippen LogP contribution in [0.4, 0.5) is 4.79 Å². The molecule has 166 valence electrons. The zero-order valence-corrected chi connectivity index (χ0v) is 18.3. The minimum atomic E-state index is -1.38. The van der Waals surface area contributed by atoms with Gasteiger partial charge in [0.2, 0.25) is 5.91 Å². The standard InChI is InChI=1S/C25H26N2O5/c1-4-5-14-21(22(28)29)26-23(30)25(2,3)27-24(31)32-15-20-18-12-8-6-10-16(18)17-11-7-9-13-19(17)20/h6-13,20-21H,14-15H2,1-3H3,(H,26,30)(H,27,31)(H,28,29). The first-order valence-corrected chi connectivity index (χ1v) is 10.3. The van der Waals surface area contributed by atoms with E-state index in [1.165, 1.54) is 13.8 Å². The number of hydrogen-bond donors (Lipinski definition) is 3. The average molecular weight is 434 g/mol. The molecule has 1 unspecified atom stereocenters. The Morgan fingerprint density at radius 2 is 1.62 bits per heavy atom. The number of carbonyl (C=O) groups is 3. The first-order chi connectivity index (χ1) is 15.2. The minimum absolute atomic E-state index is 0.0292. The van der Waals surface area contributed by atoms with Crippen molar-refractivity contribution in [3.63, 3.8) is 0 Å². The maximum atomic E-state index is 12.6. The number of hydrogen-bond acceptors (Lipinski definition) is 4. The number of ether oxygens (including phenoxy) is 1. The van der Waals surface area contributed by atoms with Gasteiger partial charge in [-0.25, -0.2) is 9.59 Å². The van der Waals surface area contributed by atoms with E-state index >= 15 is 0 Å². The van der Waals surface area contributed by atoms with Crippen LogP contribution in [0.25, 0.3) is 11.1 Å². The van der Waals surface area contributed by atoms with Crippen molar-refractivity contribution in [2.24, 2.45) is 0 Å². The summed E-state index contributed by atoms with van der Waals surface area (Å²) in [5.41, 5.74) is 3.02. The van der Waals surface area contributed by atoms with Gasteiger partial charge in [0.1, 0.15) is 18.2 Å². The molecule has 2 amide bonds. The number of rotatable bonds is 7. The van der Waals surface area contributed by atoms with Gasteiger partial charge in [-0.15, -0.1) is 11.8 Å². The summed E-state index contributed by atoms with van der Waals surface area (Å²) in [6.07, 6.45) is -0.786. The van der Waals surface area contributed by atoms with Gasteiger partial charge in [0.25, 0.3) is 0 Å². The van der Waals surface area contributed by atoms with E-state index in [4.69, 9.17) is 4.74 Å². The Labute approximate surface area is 187 Å². The Hall–Kier alpha value is -3.79. The zero-order valence-electron chi connectivity index (χ0n) is 18.3. The van der Waals surface area contributed by atoms with E-state index in [1.807, 2.05) is 48.5 Å². The lowest BCUT2D eigenvalue weighted by molar-refractivity contribution is -0.142. The number of carboxylic acids is 1. The van der Waals surface area contributed by atoms with Crippen LogP contribution in [0.1, 0.15) is 44.2 Å². The summed E-state index contributed by atoms with van der Waals surface area (Å²) in [5, 5.41) is 14.2. The van der Waals surface area contributed by atoms with Crippen LogP contribution in [0.2, 0.25) is 0 Å². The second-order valence-corrected chi connectivity index (χ2v) is 8.07. The van der Waals surface area contributed by atoms with Crippen molar-refractivity contribution in [1.82, 2.24) is 10.6 Å². The largest absolute Gasteiger partial charge is 0.480 e. The van der Waals surface area contributed by atoms with Gasteiger partial charge in [-0.1, -0.05) is 48.5 Å². The van der Waals surface area contributed by atoms with Gasteiger partial charge in [0.15, 0.2) is 0 Å². The third-order valence-electron chi connectivity index (χ3n) is 5.41. The SMILES string of the molecule is CC#CCC(NC(=O)C(C)(C)NC(=O)OCC1c2ccccc2-c2ccccc21)C(=O)O. The van der Waals surface area contributed by atoms with Gasteiger partial charge in [-0.2, -0.15) is 0 Å². The highest BCUT2D eigenvalue weighted by Gasteiger charge is 2.34. The first kappa shape index (κ1) is 22.9. The summed E-state index contributed by atoms with van der Waals surface area (Å²) >= 11 is 0. The van der Waals surface area contributed by atoms with Crippen LogP contribution >= 0.6 is 0 Å². The summed E-state index contributed by atoms with van der Waals surface area (Å²) < 4.78 is 5.47. The van der Waals surface area contributed by atoms with E-state index < -0.39 is 29.6 Å². The van der Waals surface area contributed by atoms with E-state index in [2.05, 4.69) is 22.5 Å². The van der Waals surface area contributed by atoms with Crippen LogP contribution in [0.15, 0.2) is 48.5 Å². The molecule has 0 spiro atoms. The number of amides is 2. The van der Waals surface area contributed by atoms with Crippen molar-refractivity contribution >= 4 is 18.0 Å². The molecule has 7 nitrogen and oxygen atoms in total. The minimum Gasteiger partial charge on any atom is -0.480 e. The molecular weight excluding hydrogens is 408 g/mol.